The molecule has 6 rings (SSSR count). The molecular formula is C23H22N8O. The third kappa shape index (κ3) is 3.18. The van der Waals surface area contributed by atoms with Gasteiger partial charge in [-0.05, 0) is 30.3 Å². The van der Waals surface area contributed by atoms with Gasteiger partial charge in [0.1, 0.15) is 17.6 Å². The third-order valence-corrected chi connectivity index (χ3v) is 5.96. The van der Waals surface area contributed by atoms with Crippen LogP contribution in [0.4, 0.5) is 11.6 Å². The van der Waals surface area contributed by atoms with Gasteiger partial charge in [0.2, 0.25) is 5.95 Å². The van der Waals surface area contributed by atoms with Crippen LogP contribution in [0, 0.1) is 0 Å². The lowest BCUT2D eigenvalue weighted by atomic mass is 10.2. The Morgan fingerprint density at radius 1 is 0.906 bits per heavy atom. The second-order valence-corrected chi connectivity index (χ2v) is 7.81. The molecule has 3 aromatic heterocycles. The van der Waals surface area contributed by atoms with Crippen molar-refractivity contribution in [3.8, 4) is 11.4 Å². The summed E-state index contributed by atoms with van der Waals surface area (Å²) in [5.74, 6) is 1.60. The second-order valence-electron chi connectivity index (χ2n) is 7.81. The molecule has 4 heterocycles. The Hall–Kier alpha value is -4.14. The maximum atomic E-state index is 5.37. The van der Waals surface area contributed by atoms with Gasteiger partial charge in [0.25, 0.3) is 0 Å². The van der Waals surface area contributed by atoms with Crippen molar-refractivity contribution in [1.29, 1.82) is 0 Å². The Kier molecular flexibility index (Phi) is 4.38. The lowest BCUT2D eigenvalue weighted by molar-refractivity contribution is 0.414. The van der Waals surface area contributed by atoms with E-state index in [1.165, 1.54) is 5.69 Å². The molecule has 160 valence electrons. The zero-order valence-corrected chi connectivity index (χ0v) is 17.6. The van der Waals surface area contributed by atoms with E-state index in [4.69, 9.17) is 9.72 Å². The first-order chi connectivity index (χ1) is 15.8. The van der Waals surface area contributed by atoms with Gasteiger partial charge in [0, 0.05) is 43.3 Å². The van der Waals surface area contributed by atoms with E-state index in [-0.39, 0.29) is 0 Å². The number of ether oxygens (including phenoxy) is 1. The van der Waals surface area contributed by atoms with Crippen molar-refractivity contribution in [1.82, 2.24) is 29.7 Å². The zero-order valence-electron chi connectivity index (χ0n) is 17.6. The van der Waals surface area contributed by atoms with Crippen LogP contribution >= 0.6 is 0 Å². The number of benzene rings is 2. The Balaban J connectivity index is 1.26. The lowest BCUT2D eigenvalue weighted by Gasteiger charge is -2.36. The van der Waals surface area contributed by atoms with Gasteiger partial charge < -0.3 is 14.5 Å². The molecule has 1 saturated heterocycles. The van der Waals surface area contributed by atoms with Gasteiger partial charge in [0.15, 0.2) is 5.65 Å². The molecule has 0 saturated carbocycles. The normalized spacial score (nSPS) is 14.4. The average molecular weight is 426 g/mol. The molecular weight excluding hydrogens is 404 g/mol. The molecule has 0 aliphatic carbocycles. The number of hydrogen-bond acceptors (Lipinski definition) is 7. The molecule has 1 N–H and O–H groups in total. The van der Waals surface area contributed by atoms with Crippen LogP contribution in [0.3, 0.4) is 0 Å². The molecule has 1 aliphatic heterocycles. The van der Waals surface area contributed by atoms with Crippen LogP contribution < -0.4 is 14.5 Å². The zero-order chi connectivity index (χ0) is 21.5. The summed E-state index contributed by atoms with van der Waals surface area (Å²) in [6.07, 6.45) is 5.41. The first-order valence-corrected chi connectivity index (χ1v) is 10.6. The minimum absolute atomic E-state index is 0.729. The van der Waals surface area contributed by atoms with Crippen LogP contribution in [0.1, 0.15) is 0 Å². The topological polar surface area (TPSA) is 88.0 Å². The summed E-state index contributed by atoms with van der Waals surface area (Å²) in [6.45, 7) is 3.47. The first kappa shape index (κ1) is 18.6. The smallest absolute Gasteiger partial charge is 0.227 e. The Bertz CT molecular complexity index is 1400. The molecule has 0 amide bonds. The maximum Gasteiger partial charge on any atom is 0.227 e. The van der Waals surface area contributed by atoms with Crippen molar-refractivity contribution in [3.05, 3.63) is 61.2 Å². The van der Waals surface area contributed by atoms with Crippen LogP contribution in [0.25, 0.3) is 27.8 Å². The molecule has 32 heavy (non-hydrogen) atoms. The standard InChI is InChI=1S/C23H22N8O/c1-32-19-4-2-3-17(11-19)29-7-9-30(10-8-29)23-24-14-21-22(27-23)31(15-25-21)18-6-5-16-13-26-28-20(16)12-18/h2-6,11-15H,7-10H2,1H3,(H,26,28). The number of nitrogens with one attached hydrogen (secondary N) is 1. The predicted octanol–water partition coefficient (Wildman–Crippen LogP) is 3.03. The highest BCUT2D eigenvalue weighted by Crippen LogP contribution is 2.24. The van der Waals surface area contributed by atoms with Crippen molar-refractivity contribution < 1.29 is 4.74 Å². The summed E-state index contributed by atoms with van der Waals surface area (Å²) in [7, 11) is 1.70. The van der Waals surface area contributed by atoms with Crippen molar-refractivity contribution in [2.24, 2.45) is 0 Å². The van der Waals surface area contributed by atoms with Gasteiger partial charge in [-0.3, -0.25) is 9.67 Å². The third-order valence-electron chi connectivity index (χ3n) is 5.96. The van der Waals surface area contributed by atoms with E-state index < -0.39 is 0 Å². The molecule has 9 heteroatoms. The number of fused-ring (bicyclic) bond motifs is 2. The fraction of sp³-hybridized carbons (Fsp3) is 0.217. The number of hydrogen-bond donors (Lipinski definition) is 1. The Morgan fingerprint density at radius 2 is 1.78 bits per heavy atom. The minimum atomic E-state index is 0.729. The van der Waals surface area contributed by atoms with E-state index in [0.717, 1.165) is 65.6 Å². The highest BCUT2D eigenvalue weighted by Gasteiger charge is 2.21. The summed E-state index contributed by atoms with van der Waals surface area (Å²) in [6, 6.07) is 14.3. The van der Waals surface area contributed by atoms with Crippen LogP contribution in [-0.4, -0.2) is 63.0 Å². The summed E-state index contributed by atoms with van der Waals surface area (Å²) >= 11 is 0. The number of piperazine rings is 1. The molecule has 2 aromatic carbocycles. The Labute approximate surface area is 184 Å². The number of H-pyrrole nitrogens is 1. The summed E-state index contributed by atoms with van der Waals surface area (Å²) in [5, 5.41) is 8.20. The largest absolute Gasteiger partial charge is 0.497 e. The van der Waals surface area contributed by atoms with Crippen LogP contribution in [0.2, 0.25) is 0 Å². The highest BCUT2D eigenvalue weighted by atomic mass is 16.5. The van der Waals surface area contributed by atoms with Crippen molar-refractivity contribution in [2.45, 2.75) is 0 Å². The van der Waals surface area contributed by atoms with Crippen LogP contribution in [0.15, 0.2) is 61.2 Å². The van der Waals surface area contributed by atoms with E-state index in [0.29, 0.717) is 0 Å². The number of methoxy groups -OCH3 is 1. The van der Waals surface area contributed by atoms with Gasteiger partial charge >= 0.3 is 0 Å². The number of rotatable bonds is 4. The number of aromatic nitrogens is 6. The van der Waals surface area contributed by atoms with Gasteiger partial charge in [0.05, 0.1) is 30.7 Å². The van der Waals surface area contributed by atoms with Crippen molar-refractivity contribution in [2.75, 3.05) is 43.1 Å². The van der Waals surface area contributed by atoms with Gasteiger partial charge in [-0.2, -0.15) is 10.1 Å². The SMILES string of the molecule is COc1cccc(N2CCN(c3ncc4ncn(-c5ccc6cn[nH]c6c5)c4n3)CC2)c1. The van der Waals surface area contributed by atoms with E-state index >= 15 is 0 Å². The molecule has 0 bridgehead atoms. The fourth-order valence-corrected chi connectivity index (χ4v) is 4.19. The highest BCUT2D eigenvalue weighted by molar-refractivity contribution is 5.81. The van der Waals surface area contributed by atoms with E-state index in [1.54, 1.807) is 19.6 Å². The maximum absolute atomic E-state index is 5.37. The average Bonchev–Trinajstić information content (AvgIpc) is 3.50. The molecule has 0 unspecified atom stereocenters. The fourth-order valence-electron chi connectivity index (χ4n) is 4.19. The van der Waals surface area contributed by atoms with Crippen LogP contribution in [-0.2, 0) is 0 Å². The monoisotopic (exact) mass is 426 g/mol. The molecule has 1 aliphatic rings. The second kappa shape index (κ2) is 7.52. The first-order valence-electron chi connectivity index (χ1n) is 10.6. The van der Waals surface area contributed by atoms with E-state index in [2.05, 4.69) is 48.2 Å². The Morgan fingerprint density at radius 3 is 2.66 bits per heavy atom. The van der Waals surface area contributed by atoms with E-state index in [9.17, 15) is 0 Å². The molecule has 0 spiro atoms. The van der Waals surface area contributed by atoms with Crippen molar-refractivity contribution >= 4 is 33.7 Å². The summed E-state index contributed by atoms with van der Waals surface area (Å²) in [5.41, 5.74) is 4.70. The quantitative estimate of drug-likeness (QED) is 0.473. The molecule has 9 nitrogen and oxygen atoms in total. The van der Waals surface area contributed by atoms with Gasteiger partial charge in [-0.25, -0.2) is 9.97 Å². The van der Waals surface area contributed by atoms with E-state index in [1.807, 2.05) is 35.0 Å². The number of nitrogens with zero attached hydrogens (tertiary/aromatic N) is 7. The van der Waals surface area contributed by atoms with Gasteiger partial charge in [-0.1, -0.05) is 6.07 Å². The molecule has 5 aromatic rings. The molecule has 0 atom stereocenters. The predicted molar refractivity (Wildman–Crippen MR) is 124 cm³/mol. The molecule has 1 fully saturated rings. The minimum Gasteiger partial charge on any atom is -0.497 e. The summed E-state index contributed by atoms with van der Waals surface area (Å²) in [4.78, 5) is 18.5. The van der Waals surface area contributed by atoms with Crippen LogP contribution in [0.5, 0.6) is 5.75 Å². The molecule has 0 radical (unpaired) electrons. The number of aromatic amines is 1. The van der Waals surface area contributed by atoms with Crippen molar-refractivity contribution in [3.63, 3.8) is 0 Å². The van der Waals surface area contributed by atoms with Gasteiger partial charge in [-0.15, -0.1) is 0 Å². The number of imidazole rings is 1. The lowest BCUT2D eigenvalue weighted by Crippen LogP contribution is -2.47. The summed E-state index contributed by atoms with van der Waals surface area (Å²) < 4.78 is 7.36. The number of anilines is 2.